The second-order valence-electron chi connectivity index (χ2n) is 8.58. The van der Waals surface area contributed by atoms with Crippen LogP contribution in [0.2, 0.25) is 0 Å². The van der Waals surface area contributed by atoms with E-state index in [9.17, 15) is 9.59 Å². The Morgan fingerprint density at radius 2 is 1.89 bits per heavy atom. The fourth-order valence-electron chi connectivity index (χ4n) is 4.43. The Morgan fingerprint density at radius 1 is 1.17 bits per heavy atom. The van der Waals surface area contributed by atoms with Crippen LogP contribution < -0.4 is 25.1 Å². The van der Waals surface area contributed by atoms with Crippen molar-refractivity contribution in [3.8, 4) is 28.5 Å². The number of methoxy groups -OCH3 is 3. The zero-order chi connectivity index (χ0) is 25.1. The summed E-state index contributed by atoms with van der Waals surface area (Å²) in [5.74, 6) is 1.38. The van der Waals surface area contributed by atoms with Gasteiger partial charge >= 0.3 is 0 Å². The Balaban J connectivity index is 1.62. The van der Waals surface area contributed by atoms with Crippen LogP contribution in [-0.2, 0) is 23.0 Å². The van der Waals surface area contributed by atoms with Crippen LogP contribution in [-0.4, -0.2) is 60.7 Å². The van der Waals surface area contributed by atoms with Gasteiger partial charge in [-0.15, -0.1) is 0 Å². The highest BCUT2D eigenvalue weighted by molar-refractivity contribution is 5.76. The molecule has 1 aliphatic rings. The SMILES string of the molecule is COc1cc(-c2cc3n(C)c(C)c(CCC(=O)NCC4CCCO4)c(=O)n3n2)cc(OC)c1OC. The summed E-state index contributed by atoms with van der Waals surface area (Å²) in [5.41, 5.74) is 3.07. The summed E-state index contributed by atoms with van der Waals surface area (Å²) in [4.78, 5) is 25.7. The number of amides is 1. The summed E-state index contributed by atoms with van der Waals surface area (Å²) in [6.45, 7) is 3.14. The van der Waals surface area contributed by atoms with Crippen molar-refractivity contribution < 1.29 is 23.7 Å². The molecule has 0 spiro atoms. The summed E-state index contributed by atoms with van der Waals surface area (Å²) in [6, 6.07) is 5.42. The van der Waals surface area contributed by atoms with Gasteiger partial charge < -0.3 is 28.8 Å². The highest BCUT2D eigenvalue weighted by Crippen LogP contribution is 2.41. The lowest BCUT2D eigenvalue weighted by Gasteiger charge is -2.13. The van der Waals surface area contributed by atoms with Crippen LogP contribution >= 0.6 is 0 Å². The number of benzene rings is 1. The molecule has 1 N–H and O–H groups in total. The third-order valence-electron chi connectivity index (χ3n) is 6.54. The van der Waals surface area contributed by atoms with Gasteiger partial charge in [0.25, 0.3) is 5.56 Å². The molecule has 188 valence electrons. The van der Waals surface area contributed by atoms with E-state index in [2.05, 4.69) is 10.4 Å². The third-order valence-corrected chi connectivity index (χ3v) is 6.54. The minimum absolute atomic E-state index is 0.0857. The average molecular weight is 485 g/mol. The van der Waals surface area contributed by atoms with Crippen LogP contribution in [0.3, 0.4) is 0 Å². The monoisotopic (exact) mass is 484 g/mol. The summed E-state index contributed by atoms with van der Waals surface area (Å²) in [6.07, 6.45) is 2.62. The summed E-state index contributed by atoms with van der Waals surface area (Å²) < 4.78 is 25.1. The second-order valence-corrected chi connectivity index (χ2v) is 8.58. The molecule has 10 nitrogen and oxygen atoms in total. The number of nitrogens with one attached hydrogen (secondary N) is 1. The van der Waals surface area contributed by atoms with Crippen LogP contribution in [0.4, 0.5) is 0 Å². The first-order valence-electron chi connectivity index (χ1n) is 11.6. The molecule has 3 aromatic rings. The van der Waals surface area contributed by atoms with Crippen molar-refractivity contribution in [2.45, 2.75) is 38.7 Å². The molecule has 1 aliphatic heterocycles. The lowest BCUT2D eigenvalue weighted by molar-refractivity contribution is -0.121. The molecule has 0 aliphatic carbocycles. The number of fused-ring (bicyclic) bond motifs is 1. The van der Waals surface area contributed by atoms with Gasteiger partial charge in [0, 0.05) is 49.5 Å². The van der Waals surface area contributed by atoms with Crippen molar-refractivity contribution >= 4 is 11.6 Å². The predicted molar refractivity (Wildman–Crippen MR) is 131 cm³/mol. The van der Waals surface area contributed by atoms with Gasteiger partial charge in [-0.3, -0.25) is 9.59 Å². The Morgan fingerprint density at radius 3 is 2.49 bits per heavy atom. The van der Waals surface area contributed by atoms with Crippen molar-refractivity contribution in [2.24, 2.45) is 7.05 Å². The molecule has 1 aromatic carbocycles. The molecule has 1 saturated heterocycles. The molecule has 0 radical (unpaired) electrons. The van der Waals surface area contributed by atoms with Crippen LogP contribution in [0, 0.1) is 6.92 Å². The molecule has 35 heavy (non-hydrogen) atoms. The molecule has 4 rings (SSSR count). The fraction of sp³-hybridized carbons (Fsp3) is 0.480. The van der Waals surface area contributed by atoms with Gasteiger partial charge in [-0.2, -0.15) is 9.61 Å². The van der Waals surface area contributed by atoms with E-state index in [1.54, 1.807) is 33.5 Å². The molecule has 3 heterocycles. The van der Waals surface area contributed by atoms with Crippen molar-refractivity contribution in [1.29, 1.82) is 0 Å². The van der Waals surface area contributed by atoms with E-state index in [-0.39, 0.29) is 24.0 Å². The maximum Gasteiger partial charge on any atom is 0.277 e. The molecular weight excluding hydrogens is 452 g/mol. The van der Waals surface area contributed by atoms with E-state index in [1.807, 2.05) is 24.6 Å². The van der Waals surface area contributed by atoms with E-state index >= 15 is 0 Å². The first-order valence-corrected chi connectivity index (χ1v) is 11.6. The molecule has 1 atom stereocenters. The molecule has 1 unspecified atom stereocenters. The standard InChI is InChI=1S/C25H32N4O6/c1-15-18(8-9-22(30)26-14-17-7-6-10-35-17)25(31)29-23(28(15)2)13-19(27-29)16-11-20(32-3)24(34-5)21(12-16)33-4/h11-13,17H,6-10,14H2,1-5H3,(H,26,30). The van der Waals surface area contributed by atoms with Crippen LogP contribution in [0.5, 0.6) is 17.2 Å². The normalized spacial score (nSPS) is 15.4. The predicted octanol–water partition coefficient (Wildman–Crippen LogP) is 2.26. The van der Waals surface area contributed by atoms with Gasteiger partial charge in [0.1, 0.15) is 5.65 Å². The van der Waals surface area contributed by atoms with Crippen LogP contribution in [0.1, 0.15) is 30.5 Å². The minimum atomic E-state index is -0.235. The topological polar surface area (TPSA) is 105 Å². The zero-order valence-corrected chi connectivity index (χ0v) is 20.8. The van der Waals surface area contributed by atoms with Gasteiger partial charge in [-0.1, -0.05) is 0 Å². The molecular formula is C25H32N4O6. The van der Waals surface area contributed by atoms with E-state index in [0.717, 1.165) is 30.7 Å². The average Bonchev–Trinajstić information content (AvgIpc) is 3.55. The lowest BCUT2D eigenvalue weighted by atomic mass is 10.1. The van der Waals surface area contributed by atoms with Crippen molar-refractivity contribution in [3.63, 3.8) is 0 Å². The molecule has 1 amide bonds. The number of carbonyl (C=O) groups is 1. The van der Waals surface area contributed by atoms with E-state index < -0.39 is 0 Å². The lowest BCUT2D eigenvalue weighted by Crippen LogP contribution is -2.32. The van der Waals surface area contributed by atoms with Crippen molar-refractivity contribution in [1.82, 2.24) is 19.5 Å². The van der Waals surface area contributed by atoms with Gasteiger partial charge in [-0.05, 0) is 38.3 Å². The maximum atomic E-state index is 13.3. The third kappa shape index (κ3) is 4.84. The highest BCUT2D eigenvalue weighted by Gasteiger charge is 2.20. The first kappa shape index (κ1) is 24.6. The molecule has 0 saturated carbocycles. The number of carbonyl (C=O) groups excluding carboxylic acids is 1. The Hall–Kier alpha value is -3.53. The van der Waals surface area contributed by atoms with Crippen molar-refractivity contribution in [3.05, 3.63) is 39.8 Å². The zero-order valence-electron chi connectivity index (χ0n) is 20.8. The quantitative estimate of drug-likeness (QED) is 0.497. The molecule has 1 fully saturated rings. The van der Waals surface area contributed by atoms with Gasteiger partial charge in [0.05, 0.1) is 33.1 Å². The Labute approximate surface area is 203 Å². The van der Waals surface area contributed by atoms with E-state index in [1.165, 1.54) is 4.52 Å². The number of hydrogen-bond acceptors (Lipinski definition) is 7. The van der Waals surface area contributed by atoms with E-state index in [4.69, 9.17) is 18.9 Å². The van der Waals surface area contributed by atoms with Crippen LogP contribution in [0.15, 0.2) is 23.0 Å². The second kappa shape index (κ2) is 10.4. The Kier molecular flexibility index (Phi) is 7.30. The van der Waals surface area contributed by atoms with Gasteiger partial charge in [0.2, 0.25) is 11.7 Å². The summed E-state index contributed by atoms with van der Waals surface area (Å²) >= 11 is 0. The number of ether oxygens (including phenoxy) is 4. The summed E-state index contributed by atoms with van der Waals surface area (Å²) in [5, 5.41) is 7.49. The van der Waals surface area contributed by atoms with E-state index in [0.29, 0.717) is 47.1 Å². The van der Waals surface area contributed by atoms with Gasteiger partial charge in [0.15, 0.2) is 11.5 Å². The number of hydrogen-bond donors (Lipinski definition) is 1. The number of nitrogens with zero attached hydrogens (tertiary/aromatic N) is 3. The highest BCUT2D eigenvalue weighted by atomic mass is 16.5. The number of aryl methyl sites for hydroxylation is 1. The molecule has 0 bridgehead atoms. The van der Waals surface area contributed by atoms with Crippen molar-refractivity contribution in [2.75, 3.05) is 34.5 Å². The maximum absolute atomic E-state index is 13.3. The molecule has 10 heteroatoms. The Bertz CT molecular complexity index is 1260. The van der Waals surface area contributed by atoms with Crippen LogP contribution in [0.25, 0.3) is 16.9 Å². The van der Waals surface area contributed by atoms with Gasteiger partial charge in [-0.25, -0.2) is 0 Å². The molecule has 2 aromatic heterocycles. The minimum Gasteiger partial charge on any atom is -0.493 e. The smallest absolute Gasteiger partial charge is 0.277 e. The largest absolute Gasteiger partial charge is 0.493 e. The number of aromatic nitrogens is 3. The number of rotatable bonds is 9. The first-order chi connectivity index (χ1) is 16.9. The fourth-order valence-corrected chi connectivity index (χ4v) is 4.43. The summed E-state index contributed by atoms with van der Waals surface area (Å²) in [7, 11) is 6.52.